The Morgan fingerprint density at radius 3 is 2.59 bits per heavy atom. The average molecular weight is 386 g/mol. The van der Waals surface area contributed by atoms with E-state index >= 15 is 0 Å². The number of H-pyrrole nitrogens is 1. The zero-order valence-corrected chi connectivity index (χ0v) is 14.2. The number of piperazine rings is 1. The fraction of sp³-hybridized carbons (Fsp3) is 0.412. The molecule has 1 atom stereocenters. The Kier molecular flexibility index (Phi) is 5.47. The van der Waals surface area contributed by atoms with Crippen molar-refractivity contribution in [2.45, 2.75) is 12.2 Å². The summed E-state index contributed by atoms with van der Waals surface area (Å²) in [6.45, 7) is 0.661. The van der Waals surface area contributed by atoms with Crippen LogP contribution in [0.3, 0.4) is 0 Å². The van der Waals surface area contributed by atoms with Crippen molar-refractivity contribution >= 4 is 16.8 Å². The summed E-state index contributed by atoms with van der Waals surface area (Å²) in [5.74, 6) is -1.42. The smallest absolute Gasteiger partial charge is 0.350 e. The molecule has 0 bridgehead atoms. The molecule has 0 aliphatic carbocycles. The van der Waals surface area contributed by atoms with E-state index in [4.69, 9.17) is 0 Å². The lowest BCUT2D eigenvalue weighted by atomic mass is 10.1. The Labute approximate surface area is 151 Å². The van der Waals surface area contributed by atoms with Crippen LogP contribution in [0.15, 0.2) is 29.1 Å². The molecule has 1 unspecified atom stereocenters. The fourth-order valence-electron chi connectivity index (χ4n) is 3.15. The van der Waals surface area contributed by atoms with Crippen molar-refractivity contribution in [3.8, 4) is 0 Å². The van der Waals surface area contributed by atoms with Gasteiger partial charge < -0.3 is 15.6 Å². The summed E-state index contributed by atoms with van der Waals surface area (Å²) in [5, 5.41) is 5.50. The van der Waals surface area contributed by atoms with E-state index < -0.39 is 36.0 Å². The largest absolute Gasteiger partial charge is 0.405 e. The Balaban J connectivity index is 1.82. The third-order valence-electron chi connectivity index (χ3n) is 4.48. The van der Waals surface area contributed by atoms with Gasteiger partial charge in [-0.05, 0) is 18.2 Å². The lowest BCUT2D eigenvalue weighted by Crippen LogP contribution is -2.57. The third-order valence-corrected chi connectivity index (χ3v) is 4.48. The van der Waals surface area contributed by atoms with E-state index in [-0.39, 0.29) is 29.6 Å². The van der Waals surface area contributed by atoms with Crippen LogP contribution in [0.1, 0.15) is 10.4 Å². The fourth-order valence-corrected chi connectivity index (χ4v) is 3.15. The minimum Gasteiger partial charge on any atom is -0.350 e. The molecule has 0 spiro atoms. The van der Waals surface area contributed by atoms with Gasteiger partial charge in [0.15, 0.2) is 0 Å². The topological polar surface area (TPSA) is 77.2 Å². The molecule has 1 aliphatic heterocycles. The highest BCUT2D eigenvalue weighted by Gasteiger charge is 2.43. The molecule has 1 saturated heterocycles. The minimum absolute atomic E-state index is 0.0992. The Morgan fingerprint density at radius 1 is 1.22 bits per heavy atom. The number of aromatic amines is 1. The first kappa shape index (κ1) is 19.3. The predicted molar refractivity (Wildman–Crippen MR) is 91.1 cm³/mol. The van der Waals surface area contributed by atoms with Crippen LogP contribution < -0.4 is 16.2 Å². The van der Waals surface area contributed by atoms with Crippen LogP contribution in [0.4, 0.5) is 17.6 Å². The van der Waals surface area contributed by atoms with Gasteiger partial charge in [0.1, 0.15) is 11.9 Å². The first-order chi connectivity index (χ1) is 12.8. The summed E-state index contributed by atoms with van der Waals surface area (Å²) >= 11 is 0. The number of carbonyl (C=O) groups is 1. The molecule has 2 heterocycles. The maximum Gasteiger partial charge on any atom is 0.405 e. The normalized spacial score (nSPS) is 17.0. The highest BCUT2D eigenvalue weighted by atomic mass is 19.4. The number of hydrogen-bond donors (Lipinski definition) is 3. The number of nitrogens with zero attached hydrogens (tertiary/aromatic N) is 1. The molecule has 1 aromatic heterocycles. The molecule has 1 aromatic carbocycles. The lowest BCUT2D eigenvalue weighted by molar-refractivity contribution is -0.183. The summed E-state index contributed by atoms with van der Waals surface area (Å²) in [5.41, 5.74) is -0.648. The number of fused-ring (bicyclic) bond motifs is 1. The van der Waals surface area contributed by atoms with Crippen LogP contribution >= 0.6 is 0 Å². The molecule has 1 fully saturated rings. The highest BCUT2D eigenvalue weighted by Crippen LogP contribution is 2.25. The summed E-state index contributed by atoms with van der Waals surface area (Å²) in [4.78, 5) is 27.8. The van der Waals surface area contributed by atoms with E-state index in [2.05, 4.69) is 15.6 Å². The molecule has 6 nitrogen and oxygen atoms in total. The van der Waals surface area contributed by atoms with Gasteiger partial charge in [-0.25, -0.2) is 4.39 Å². The molecule has 3 N–H and O–H groups in total. The van der Waals surface area contributed by atoms with E-state index in [1.54, 1.807) is 0 Å². The number of benzene rings is 1. The van der Waals surface area contributed by atoms with E-state index in [0.29, 0.717) is 13.1 Å². The monoisotopic (exact) mass is 386 g/mol. The zero-order valence-electron chi connectivity index (χ0n) is 14.2. The first-order valence-corrected chi connectivity index (χ1v) is 8.38. The number of amides is 1. The van der Waals surface area contributed by atoms with Gasteiger partial charge >= 0.3 is 6.18 Å². The average Bonchev–Trinajstić information content (AvgIpc) is 2.60. The van der Waals surface area contributed by atoms with Gasteiger partial charge in [-0.15, -0.1) is 0 Å². The van der Waals surface area contributed by atoms with Crippen LogP contribution in [0.5, 0.6) is 0 Å². The number of rotatable bonds is 4. The molecule has 2 aromatic rings. The molecule has 0 radical (unpaired) electrons. The van der Waals surface area contributed by atoms with E-state index in [1.807, 2.05) is 0 Å². The number of hydrogen-bond acceptors (Lipinski definition) is 4. The second-order valence-electron chi connectivity index (χ2n) is 6.29. The number of carbonyl (C=O) groups excluding carboxylic acids is 1. The van der Waals surface area contributed by atoms with Crippen molar-refractivity contribution in [1.82, 2.24) is 20.5 Å². The number of halogens is 4. The molecule has 1 amide bonds. The number of aromatic nitrogens is 1. The SMILES string of the molecule is O=C(NCC(N1CCNCC1)C(F)(F)F)c1cc(=O)[nH]c2cc(F)ccc12. The standard InChI is InChI=1S/C17H18F4N4O2/c18-10-1-2-11-12(8-15(26)24-13(11)7-10)16(27)23-9-14(17(19,20)21)25-5-3-22-4-6-25/h1-2,7-8,14,22H,3-6,9H2,(H,23,27)(H,24,26). The molecule has 146 valence electrons. The molecular formula is C17H18F4N4O2. The Morgan fingerprint density at radius 2 is 1.93 bits per heavy atom. The molecule has 10 heteroatoms. The molecule has 27 heavy (non-hydrogen) atoms. The minimum atomic E-state index is -4.51. The van der Waals surface area contributed by atoms with Gasteiger partial charge in [0.2, 0.25) is 5.56 Å². The summed E-state index contributed by atoms with van der Waals surface area (Å²) in [6.07, 6.45) is -4.51. The van der Waals surface area contributed by atoms with Crippen molar-refractivity contribution in [2.24, 2.45) is 0 Å². The Hall–Kier alpha value is -2.46. The van der Waals surface area contributed by atoms with Gasteiger partial charge in [0, 0.05) is 44.2 Å². The number of nitrogens with one attached hydrogen (secondary N) is 3. The van der Waals surface area contributed by atoms with Gasteiger partial charge in [-0.1, -0.05) is 0 Å². The maximum absolute atomic E-state index is 13.4. The molecule has 1 aliphatic rings. The van der Waals surface area contributed by atoms with Crippen LogP contribution in [0.25, 0.3) is 10.9 Å². The number of alkyl halides is 3. The molecular weight excluding hydrogens is 368 g/mol. The maximum atomic E-state index is 13.4. The quantitative estimate of drug-likeness (QED) is 0.691. The van der Waals surface area contributed by atoms with Crippen molar-refractivity contribution < 1.29 is 22.4 Å². The molecule has 0 saturated carbocycles. The first-order valence-electron chi connectivity index (χ1n) is 8.38. The summed E-state index contributed by atoms with van der Waals surface area (Å²) in [7, 11) is 0. The van der Waals surface area contributed by atoms with Crippen LogP contribution in [-0.2, 0) is 0 Å². The van der Waals surface area contributed by atoms with Crippen molar-refractivity contribution in [3.05, 3.63) is 46.0 Å². The number of pyridine rings is 1. The summed E-state index contributed by atoms with van der Waals surface area (Å²) < 4.78 is 53.6. The van der Waals surface area contributed by atoms with Gasteiger partial charge in [-0.3, -0.25) is 14.5 Å². The van der Waals surface area contributed by atoms with Crippen molar-refractivity contribution in [1.29, 1.82) is 0 Å². The molecule has 3 rings (SSSR count). The van der Waals surface area contributed by atoms with Crippen LogP contribution in [0.2, 0.25) is 0 Å². The highest BCUT2D eigenvalue weighted by molar-refractivity contribution is 6.05. The zero-order chi connectivity index (χ0) is 19.6. The van der Waals surface area contributed by atoms with Crippen LogP contribution in [0, 0.1) is 5.82 Å². The summed E-state index contributed by atoms with van der Waals surface area (Å²) in [6, 6.07) is 2.62. The van der Waals surface area contributed by atoms with E-state index in [1.165, 1.54) is 11.0 Å². The third kappa shape index (κ3) is 4.45. The van der Waals surface area contributed by atoms with Crippen molar-refractivity contribution in [2.75, 3.05) is 32.7 Å². The Bertz CT molecular complexity index is 891. The second-order valence-corrected chi connectivity index (χ2v) is 6.29. The predicted octanol–water partition coefficient (Wildman–Crippen LogP) is 1.23. The van der Waals surface area contributed by atoms with Gasteiger partial charge in [-0.2, -0.15) is 13.2 Å². The second kappa shape index (κ2) is 7.65. The van der Waals surface area contributed by atoms with E-state index in [9.17, 15) is 27.2 Å². The van der Waals surface area contributed by atoms with Gasteiger partial charge in [0.05, 0.1) is 11.1 Å². The van der Waals surface area contributed by atoms with E-state index in [0.717, 1.165) is 18.2 Å². The van der Waals surface area contributed by atoms with Crippen molar-refractivity contribution in [3.63, 3.8) is 0 Å². The van der Waals surface area contributed by atoms with Crippen LogP contribution in [-0.4, -0.2) is 60.7 Å². The van der Waals surface area contributed by atoms with Gasteiger partial charge in [0.25, 0.3) is 5.91 Å². The lowest BCUT2D eigenvalue weighted by Gasteiger charge is -2.35.